The van der Waals surface area contributed by atoms with Gasteiger partial charge in [0.1, 0.15) is 0 Å². The lowest BCUT2D eigenvalue weighted by molar-refractivity contribution is -0.115. The first-order chi connectivity index (χ1) is 11.0. The molecule has 4 heteroatoms. The predicted molar refractivity (Wildman–Crippen MR) is 90.6 cm³/mol. The van der Waals surface area contributed by atoms with Gasteiger partial charge in [0.15, 0.2) is 0 Å². The molecule has 23 heavy (non-hydrogen) atoms. The third kappa shape index (κ3) is 4.68. The zero-order chi connectivity index (χ0) is 16.8. The number of anilines is 1. The number of nitrogens with one attached hydrogen (secondary N) is 1. The Morgan fingerprint density at radius 2 is 1.83 bits per heavy atom. The van der Waals surface area contributed by atoms with Gasteiger partial charge in [-0.15, -0.1) is 0 Å². The first-order valence-electron chi connectivity index (χ1n) is 7.62. The Bertz CT molecular complexity index is 722. The van der Waals surface area contributed by atoms with E-state index in [-0.39, 0.29) is 5.91 Å². The Kier molecular flexibility index (Phi) is 5.52. The maximum absolute atomic E-state index is 12.2. The van der Waals surface area contributed by atoms with Crippen molar-refractivity contribution in [2.75, 3.05) is 11.9 Å². The van der Waals surface area contributed by atoms with E-state index in [1.807, 2.05) is 32.0 Å². The zero-order valence-corrected chi connectivity index (χ0v) is 13.7. The Hall–Kier alpha value is -2.62. The molecule has 0 saturated carbocycles. The van der Waals surface area contributed by atoms with Crippen LogP contribution in [0.5, 0.6) is 0 Å². The molecular weight excluding hydrogens is 290 g/mol. The van der Waals surface area contributed by atoms with Crippen LogP contribution in [0.3, 0.4) is 0 Å². The molecule has 0 unspecified atom stereocenters. The highest BCUT2D eigenvalue weighted by Gasteiger charge is 2.09. The molecular formula is C19H21NO3. The molecule has 1 amide bonds. The minimum Gasteiger partial charge on any atom is -0.462 e. The van der Waals surface area contributed by atoms with Gasteiger partial charge < -0.3 is 10.1 Å². The largest absolute Gasteiger partial charge is 0.462 e. The maximum Gasteiger partial charge on any atom is 0.338 e. The molecule has 0 aromatic heterocycles. The van der Waals surface area contributed by atoms with Crippen molar-refractivity contribution in [2.45, 2.75) is 27.2 Å². The second-order valence-corrected chi connectivity index (χ2v) is 5.44. The lowest BCUT2D eigenvalue weighted by Crippen LogP contribution is -2.15. The molecule has 0 aliphatic rings. The highest BCUT2D eigenvalue weighted by atomic mass is 16.5. The first kappa shape index (κ1) is 16.7. The van der Waals surface area contributed by atoms with Gasteiger partial charge in [-0.05, 0) is 55.7 Å². The van der Waals surface area contributed by atoms with E-state index in [4.69, 9.17) is 4.74 Å². The van der Waals surface area contributed by atoms with Crippen LogP contribution in [-0.4, -0.2) is 18.5 Å². The Balaban J connectivity index is 2.03. The number of amides is 1. The van der Waals surface area contributed by atoms with Crippen molar-refractivity contribution in [1.82, 2.24) is 0 Å². The topological polar surface area (TPSA) is 55.4 Å². The summed E-state index contributed by atoms with van der Waals surface area (Å²) in [6.45, 7) is 6.15. The molecule has 0 spiro atoms. The van der Waals surface area contributed by atoms with Crippen molar-refractivity contribution in [1.29, 1.82) is 0 Å². The molecule has 4 nitrogen and oxygen atoms in total. The normalized spacial score (nSPS) is 10.2. The summed E-state index contributed by atoms with van der Waals surface area (Å²) in [5, 5.41) is 2.82. The molecule has 0 fully saturated rings. The number of carbonyl (C=O) groups excluding carboxylic acids is 2. The quantitative estimate of drug-likeness (QED) is 0.857. The summed E-state index contributed by atoms with van der Waals surface area (Å²) < 4.78 is 4.96. The molecule has 0 radical (unpaired) electrons. The number of hydrogen-bond acceptors (Lipinski definition) is 3. The molecule has 120 valence electrons. The smallest absolute Gasteiger partial charge is 0.338 e. The molecule has 2 aromatic carbocycles. The molecule has 0 aliphatic heterocycles. The zero-order valence-electron chi connectivity index (χ0n) is 13.7. The summed E-state index contributed by atoms with van der Waals surface area (Å²) in [7, 11) is 0. The van der Waals surface area contributed by atoms with Crippen molar-refractivity contribution >= 4 is 17.6 Å². The van der Waals surface area contributed by atoms with Gasteiger partial charge in [0.2, 0.25) is 5.91 Å². The van der Waals surface area contributed by atoms with Crippen molar-refractivity contribution in [2.24, 2.45) is 0 Å². The average Bonchev–Trinajstić information content (AvgIpc) is 2.51. The van der Waals surface area contributed by atoms with Crippen molar-refractivity contribution in [3.63, 3.8) is 0 Å². The van der Waals surface area contributed by atoms with Gasteiger partial charge in [0.25, 0.3) is 0 Å². The van der Waals surface area contributed by atoms with E-state index in [0.717, 1.165) is 5.56 Å². The third-order valence-electron chi connectivity index (χ3n) is 3.59. The van der Waals surface area contributed by atoms with E-state index in [2.05, 4.69) is 5.32 Å². The summed E-state index contributed by atoms with van der Waals surface area (Å²) in [5.41, 5.74) is 4.35. The van der Waals surface area contributed by atoms with E-state index in [1.165, 1.54) is 11.1 Å². The van der Waals surface area contributed by atoms with E-state index in [1.54, 1.807) is 31.2 Å². The average molecular weight is 311 g/mol. The van der Waals surface area contributed by atoms with Crippen LogP contribution in [0.15, 0.2) is 42.5 Å². The van der Waals surface area contributed by atoms with Crippen molar-refractivity contribution < 1.29 is 14.3 Å². The second kappa shape index (κ2) is 7.58. The third-order valence-corrected chi connectivity index (χ3v) is 3.59. The van der Waals surface area contributed by atoms with Gasteiger partial charge in [-0.25, -0.2) is 4.79 Å². The number of rotatable bonds is 5. The van der Waals surface area contributed by atoms with E-state index in [0.29, 0.717) is 24.3 Å². The van der Waals surface area contributed by atoms with Crippen LogP contribution in [0.4, 0.5) is 5.69 Å². The molecule has 0 saturated heterocycles. The van der Waals surface area contributed by atoms with Crippen molar-refractivity contribution in [3.8, 4) is 0 Å². The summed E-state index contributed by atoms with van der Waals surface area (Å²) in [5.74, 6) is -0.507. The number of benzene rings is 2. The molecule has 1 N–H and O–H groups in total. The fraction of sp³-hybridized carbons (Fsp3) is 0.263. The Morgan fingerprint density at radius 1 is 1.04 bits per heavy atom. The molecule has 0 heterocycles. The molecule has 0 bridgehead atoms. The van der Waals surface area contributed by atoms with Crippen LogP contribution < -0.4 is 5.32 Å². The van der Waals surface area contributed by atoms with Crippen LogP contribution in [0.2, 0.25) is 0 Å². The lowest BCUT2D eigenvalue weighted by atomic mass is 10.0. The van der Waals surface area contributed by atoms with Gasteiger partial charge in [-0.3, -0.25) is 4.79 Å². The fourth-order valence-corrected chi connectivity index (χ4v) is 2.24. The van der Waals surface area contributed by atoms with Gasteiger partial charge >= 0.3 is 5.97 Å². The van der Waals surface area contributed by atoms with Gasteiger partial charge in [-0.2, -0.15) is 0 Å². The van der Waals surface area contributed by atoms with E-state index >= 15 is 0 Å². The van der Waals surface area contributed by atoms with Gasteiger partial charge in [0, 0.05) is 5.69 Å². The van der Waals surface area contributed by atoms with E-state index < -0.39 is 5.97 Å². The fourth-order valence-electron chi connectivity index (χ4n) is 2.24. The van der Waals surface area contributed by atoms with Crippen molar-refractivity contribution in [3.05, 3.63) is 64.7 Å². The summed E-state index contributed by atoms with van der Waals surface area (Å²) in [6.07, 6.45) is 0.296. The van der Waals surface area contributed by atoms with Crippen LogP contribution in [0.1, 0.15) is 34.0 Å². The second-order valence-electron chi connectivity index (χ2n) is 5.44. The van der Waals surface area contributed by atoms with Gasteiger partial charge in [0.05, 0.1) is 18.6 Å². The SMILES string of the molecule is CCOC(=O)c1cccc(NC(=O)Cc2ccc(C)c(C)c2)c1. The number of esters is 1. The standard InChI is InChI=1S/C19H21NO3/c1-4-23-19(22)16-6-5-7-17(12-16)20-18(21)11-15-9-8-13(2)14(3)10-15/h5-10,12H,4,11H2,1-3H3,(H,20,21). The van der Waals surface area contributed by atoms with Crippen LogP contribution >= 0.6 is 0 Å². The molecule has 0 aliphatic carbocycles. The minimum atomic E-state index is -0.391. The first-order valence-corrected chi connectivity index (χ1v) is 7.62. The number of ether oxygens (including phenoxy) is 1. The number of carbonyl (C=O) groups is 2. The van der Waals surface area contributed by atoms with E-state index in [9.17, 15) is 9.59 Å². The monoisotopic (exact) mass is 311 g/mol. The number of aryl methyl sites for hydroxylation is 2. The van der Waals surface area contributed by atoms with Gasteiger partial charge in [-0.1, -0.05) is 24.3 Å². The summed E-state index contributed by atoms with van der Waals surface area (Å²) >= 11 is 0. The van der Waals surface area contributed by atoms with Crippen LogP contribution in [-0.2, 0) is 16.0 Å². The highest BCUT2D eigenvalue weighted by Crippen LogP contribution is 2.14. The molecule has 2 aromatic rings. The molecule has 0 atom stereocenters. The lowest BCUT2D eigenvalue weighted by Gasteiger charge is -2.08. The van der Waals surface area contributed by atoms with Crippen LogP contribution in [0.25, 0.3) is 0 Å². The number of hydrogen-bond donors (Lipinski definition) is 1. The molecule has 2 rings (SSSR count). The summed E-state index contributed by atoms with van der Waals surface area (Å²) in [4.78, 5) is 23.9. The highest BCUT2D eigenvalue weighted by molar-refractivity contribution is 5.95. The predicted octanol–water partition coefficient (Wildman–Crippen LogP) is 3.66. The Labute approximate surface area is 136 Å². The minimum absolute atomic E-state index is 0.116. The summed E-state index contributed by atoms with van der Waals surface area (Å²) in [6, 6.07) is 12.7. The Morgan fingerprint density at radius 3 is 2.52 bits per heavy atom. The van der Waals surface area contributed by atoms with Crippen LogP contribution in [0, 0.1) is 13.8 Å². The maximum atomic E-state index is 12.2.